The number of nitrogens with one attached hydrogen (secondary N) is 1. The number of piperazine rings is 1. The number of hydrogen-bond donors (Lipinski definition) is 2. The summed E-state index contributed by atoms with van der Waals surface area (Å²) in [5.74, 6) is 0.952. The third kappa shape index (κ3) is 10.4. The number of amides is 2. The van der Waals surface area contributed by atoms with E-state index in [1.807, 2.05) is 31.2 Å². The standard InChI is InChI=1S/C37H51N5O5/c1-28-14-17-32(35(26-28)47-24-10-6-5-9-19-42-22-20-40(2)21-23-42)41(3)37(44)29-15-16-31(34(27-29)45-4)39-36(43)30-12-7-8-13-33(30)46-25-11-18-38/h7-8,12-17,26-27H,5-6,9-11,18-25,38H2,1-4H3,(H,39,43). The average molecular weight is 646 g/mol. The zero-order chi connectivity index (χ0) is 33.6. The molecule has 0 atom stereocenters. The number of carbonyl (C=O) groups excluding carboxylic acids is 2. The smallest absolute Gasteiger partial charge is 0.259 e. The van der Waals surface area contributed by atoms with E-state index in [4.69, 9.17) is 19.9 Å². The number of rotatable bonds is 17. The van der Waals surface area contributed by atoms with Crippen LogP contribution in [0, 0.1) is 6.92 Å². The van der Waals surface area contributed by atoms with Crippen molar-refractivity contribution in [2.75, 3.05) is 83.9 Å². The Morgan fingerprint density at radius 1 is 0.851 bits per heavy atom. The maximum Gasteiger partial charge on any atom is 0.259 e. The van der Waals surface area contributed by atoms with E-state index in [0.29, 0.717) is 65.9 Å². The molecule has 2 amide bonds. The lowest BCUT2D eigenvalue weighted by Gasteiger charge is -2.32. The van der Waals surface area contributed by atoms with Crippen molar-refractivity contribution in [3.05, 3.63) is 77.4 Å². The maximum absolute atomic E-state index is 13.7. The molecule has 0 aromatic heterocycles. The third-order valence-corrected chi connectivity index (χ3v) is 8.44. The number of anilines is 2. The van der Waals surface area contributed by atoms with E-state index in [-0.39, 0.29) is 11.8 Å². The minimum atomic E-state index is -0.348. The van der Waals surface area contributed by atoms with Crippen LogP contribution in [-0.4, -0.2) is 95.3 Å². The SMILES string of the molecule is COc1cc(C(=O)N(C)c2ccc(C)cc2OCCCCCCN2CCN(C)CC2)ccc1NC(=O)c1ccccc1OCCCN. The molecule has 47 heavy (non-hydrogen) atoms. The molecule has 0 saturated carbocycles. The summed E-state index contributed by atoms with van der Waals surface area (Å²) < 4.78 is 17.6. The normalized spacial score (nSPS) is 13.6. The number of methoxy groups -OCH3 is 1. The number of carbonyl (C=O) groups is 2. The van der Waals surface area contributed by atoms with E-state index in [1.165, 1.54) is 26.5 Å². The minimum absolute atomic E-state index is 0.225. The second-order valence-electron chi connectivity index (χ2n) is 12.1. The summed E-state index contributed by atoms with van der Waals surface area (Å²) in [6, 6.07) is 17.9. The van der Waals surface area contributed by atoms with E-state index >= 15 is 0 Å². The van der Waals surface area contributed by atoms with Gasteiger partial charge in [0.1, 0.15) is 17.2 Å². The van der Waals surface area contributed by atoms with Crippen molar-refractivity contribution in [3.8, 4) is 17.2 Å². The fraction of sp³-hybridized carbons (Fsp3) is 0.459. The maximum atomic E-state index is 13.7. The minimum Gasteiger partial charge on any atom is -0.495 e. The molecule has 3 aromatic carbocycles. The lowest BCUT2D eigenvalue weighted by molar-refractivity contribution is 0.0990. The van der Waals surface area contributed by atoms with Crippen molar-refractivity contribution in [1.29, 1.82) is 0 Å². The number of nitrogens with two attached hydrogens (primary N) is 1. The summed E-state index contributed by atoms with van der Waals surface area (Å²) in [7, 11) is 5.43. The molecule has 3 N–H and O–H groups in total. The van der Waals surface area contributed by atoms with Crippen LogP contribution < -0.4 is 30.2 Å². The molecule has 10 nitrogen and oxygen atoms in total. The number of para-hydroxylation sites is 1. The molecule has 0 spiro atoms. The number of hydrogen-bond acceptors (Lipinski definition) is 8. The monoisotopic (exact) mass is 645 g/mol. The van der Waals surface area contributed by atoms with Gasteiger partial charge in [0.05, 0.1) is 37.3 Å². The van der Waals surface area contributed by atoms with Crippen LogP contribution in [0.3, 0.4) is 0 Å². The summed E-state index contributed by atoms with van der Waals surface area (Å²) in [5, 5.41) is 2.89. The molecular formula is C37H51N5O5. The molecule has 0 unspecified atom stereocenters. The Morgan fingerprint density at radius 2 is 1.57 bits per heavy atom. The van der Waals surface area contributed by atoms with Crippen molar-refractivity contribution >= 4 is 23.2 Å². The number of benzene rings is 3. The predicted molar refractivity (Wildman–Crippen MR) is 188 cm³/mol. The first-order chi connectivity index (χ1) is 22.8. The van der Waals surface area contributed by atoms with Crippen LogP contribution in [0.25, 0.3) is 0 Å². The summed E-state index contributed by atoms with van der Waals surface area (Å²) >= 11 is 0. The highest BCUT2D eigenvalue weighted by Gasteiger charge is 2.21. The second kappa shape index (κ2) is 18.3. The van der Waals surface area contributed by atoms with E-state index in [9.17, 15) is 9.59 Å². The highest BCUT2D eigenvalue weighted by molar-refractivity contribution is 6.09. The Bertz CT molecular complexity index is 1460. The Balaban J connectivity index is 1.34. The van der Waals surface area contributed by atoms with Crippen molar-refractivity contribution in [2.45, 2.75) is 39.0 Å². The molecule has 1 aliphatic rings. The zero-order valence-electron chi connectivity index (χ0n) is 28.4. The first-order valence-corrected chi connectivity index (χ1v) is 16.6. The van der Waals surface area contributed by atoms with Gasteiger partial charge in [-0.25, -0.2) is 0 Å². The highest BCUT2D eigenvalue weighted by Crippen LogP contribution is 2.32. The van der Waals surface area contributed by atoms with Gasteiger partial charge in [-0.3, -0.25) is 9.59 Å². The summed E-state index contributed by atoms with van der Waals surface area (Å²) in [6.45, 7) is 9.33. The Labute approximate surface area is 279 Å². The van der Waals surface area contributed by atoms with Gasteiger partial charge in [0, 0.05) is 38.8 Å². The summed E-state index contributed by atoms with van der Waals surface area (Å²) in [5.41, 5.74) is 8.58. The van der Waals surface area contributed by atoms with E-state index in [1.54, 1.807) is 48.3 Å². The van der Waals surface area contributed by atoms with Gasteiger partial charge in [-0.1, -0.05) is 31.0 Å². The first kappa shape index (κ1) is 35.7. The van der Waals surface area contributed by atoms with Crippen LogP contribution in [-0.2, 0) is 0 Å². The van der Waals surface area contributed by atoms with Crippen LogP contribution in [0.15, 0.2) is 60.7 Å². The molecule has 10 heteroatoms. The van der Waals surface area contributed by atoms with Crippen LogP contribution in [0.5, 0.6) is 17.2 Å². The third-order valence-electron chi connectivity index (χ3n) is 8.44. The van der Waals surface area contributed by atoms with E-state index < -0.39 is 0 Å². The summed E-state index contributed by atoms with van der Waals surface area (Å²) in [6.07, 6.45) is 5.14. The Hall–Kier alpha value is -4.12. The van der Waals surface area contributed by atoms with Crippen molar-refractivity contribution in [1.82, 2.24) is 9.80 Å². The largest absolute Gasteiger partial charge is 0.495 e. The van der Waals surface area contributed by atoms with Crippen LogP contribution in [0.4, 0.5) is 11.4 Å². The number of ether oxygens (including phenoxy) is 3. The number of likely N-dealkylation sites (N-methyl/N-ethyl adjacent to an activating group) is 1. The van der Waals surface area contributed by atoms with Crippen LogP contribution in [0.1, 0.15) is 58.4 Å². The van der Waals surface area contributed by atoms with Gasteiger partial charge in [-0.15, -0.1) is 0 Å². The van der Waals surface area contributed by atoms with Gasteiger partial charge in [-0.2, -0.15) is 0 Å². The van der Waals surface area contributed by atoms with Gasteiger partial charge < -0.3 is 40.0 Å². The van der Waals surface area contributed by atoms with E-state index in [2.05, 4.69) is 22.2 Å². The number of aryl methyl sites for hydroxylation is 1. The van der Waals surface area contributed by atoms with Gasteiger partial charge in [0.15, 0.2) is 0 Å². The van der Waals surface area contributed by atoms with Crippen molar-refractivity contribution in [2.24, 2.45) is 5.73 Å². The number of unbranched alkanes of at least 4 members (excludes halogenated alkanes) is 3. The lowest BCUT2D eigenvalue weighted by atomic mass is 10.1. The Morgan fingerprint density at radius 3 is 2.34 bits per heavy atom. The fourth-order valence-electron chi connectivity index (χ4n) is 5.52. The molecule has 4 rings (SSSR count). The quantitative estimate of drug-likeness (QED) is 0.187. The highest BCUT2D eigenvalue weighted by atomic mass is 16.5. The molecule has 1 aliphatic heterocycles. The average Bonchev–Trinajstić information content (AvgIpc) is 3.08. The zero-order valence-corrected chi connectivity index (χ0v) is 28.4. The topological polar surface area (TPSA) is 110 Å². The molecule has 1 heterocycles. The second-order valence-corrected chi connectivity index (χ2v) is 12.1. The van der Waals surface area contributed by atoms with Gasteiger partial charge in [-0.05, 0) is 94.4 Å². The van der Waals surface area contributed by atoms with Gasteiger partial charge >= 0.3 is 0 Å². The lowest BCUT2D eigenvalue weighted by Crippen LogP contribution is -2.44. The number of nitrogens with zero attached hydrogens (tertiary/aromatic N) is 3. The fourth-order valence-corrected chi connectivity index (χ4v) is 5.52. The predicted octanol–water partition coefficient (Wildman–Crippen LogP) is 5.45. The molecule has 1 saturated heterocycles. The Kier molecular flexibility index (Phi) is 13.9. The molecule has 3 aromatic rings. The van der Waals surface area contributed by atoms with Crippen LogP contribution in [0.2, 0.25) is 0 Å². The van der Waals surface area contributed by atoms with E-state index in [0.717, 1.165) is 44.6 Å². The first-order valence-electron chi connectivity index (χ1n) is 16.6. The van der Waals surface area contributed by atoms with Gasteiger partial charge in [0.25, 0.3) is 11.8 Å². The summed E-state index contributed by atoms with van der Waals surface area (Å²) in [4.78, 5) is 33.4. The van der Waals surface area contributed by atoms with Gasteiger partial charge in [0.2, 0.25) is 0 Å². The molecule has 0 radical (unpaired) electrons. The molecule has 1 fully saturated rings. The molecular weight excluding hydrogens is 594 g/mol. The molecule has 0 bridgehead atoms. The van der Waals surface area contributed by atoms with Crippen LogP contribution >= 0.6 is 0 Å². The molecule has 0 aliphatic carbocycles. The molecule has 254 valence electrons. The van der Waals surface area contributed by atoms with Crippen molar-refractivity contribution < 1.29 is 23.8 Å². The van der Waals surface area contributed by atoms with Crippen molar-refractivity contribution in [3.63, 3.8) is 0 Å².